The Balaban J connectivity index is 1.90. The van der Waals surface area contributed by atoms with Gasteiger partial charge in [0, 0.05) is 5.56 Å². The molecule has 24 heavy (non-hydrogen) atoms. The van der Waals surface area contributed by atoms with E-state index in [2.05, 4.69) is 0 Å². The predicted molar refractivity (Wildman–Crippen MR) is 82.8 cm³/mol. The van der Waals surface area contributed by atoms with Gasteiger partial charge in [0.25, 0.3) is 0 Å². The van der Waals surface area contributed by atoms with Crippen LogP contribution in [0.5, 0.6) is 23.0 Å². The molecular formula is C18H14O6. The fourth-order valence-electron chi connectivity index (χ4n) is 3.16. The third kappa shape index (κ3) is 1.89. The van der Waals surface area contributed by atoms with Gasteiger partial charge in [-0.3, -0.25) is 9.59 Å². The van der Waals surface area contributed by atoms with E-state index in [4.69, 9.17) is 18.9 Å². The lowest BCUT2D eigenvalue weighted by molar-refractivity contribution is -0.142. The number of carbonyl (C=O) groups excluding carboxylic acids is 2. The van der Waals surface area contributed by atoms with Crippen molar-refractivity contribution < 1.29 is 28.5 Å². The van der Waals surface area contributed by atoms with Gasteiger partial charge in [0.1, 0.15) is 11.9 Å². The Hall–Kier alpha value is -3.02. The van der Waals surface area contributed by atoms with Gasteiger partial charge in [0.05, 0.1) is 19.8 Å². The molecule has 0 saturated carbocycles. The summed E-state index contributed by atoms with van der Waals surface area (Å²) in [6.45, 7) is 0. The van der Waals surface area contributed by atoms with Crippen LogP contribution in [-0.2, 0) is 4.79 Å². The second-order valence-electron chi connectivity index (χ2n) is 5.52. The number of methoxy groups -OCH3 is 2. The molecule has 0 N–H and O–H groups in total. The molecule has 6 heteroatoms. The summed E-state index contributed by atoms with van der Waals surface area (Å²) in [5, 5.41) is 0. The van der Waals surface area contributed by atoms with Crippen LogP contribution in [0.3, 0.4) is 0 Å². The Morgan fingerprint density at radius 3 is 2.54 bits per heavy atom. The molecule has 2 heterocycles. The zero-order valence-corrected chi connectivity index (χ0v) is 13.1. The first kappa shape index (κ1) is 14.6. The van der Waals surface area contributed by atoms with Crippen molar-refractivity contribution in [3.63, 3.8) is 0 Å². The van der Waals surface area contributed by atoms with E-state index < -0.39 is 18.0 Å². The highest BCUT2D eigenvalue weighted by molar-refractivity contribution is 6.12. The molecular weight excluding hydrogens is 312 g/mol. The average Bonchev–Trinajstić information content (AvgIpc) is 2.60. The lowest BCUT2D eigenvalue weighted by Crippen LogP contribution is -2.42. The summed E-state index contributed by atoms with van der Waals surface area (Å²) in [5.74, 6) is -0.549. The first-order valence-corrected chi connectivity index (χ1v) is 7.42. The number of benzene rings is 2. The van der Waals surface area contributed by atoms with Crippen molar-refractivity contribution in [2.45, 2.75) is 6.10 Å². The van der Waals surface area contributed by atoms with Crippen LogP contribution in [0.1, 0.15) is 22.0 Å². The highest BCUT2D eigenvalue weighted by Gasteiger charge is 2.49. The maximum atomic E-state index is 12.7. The number of para-hydroxylation sites is 1. The number of ketones is 1. The molecule has 2 atom stereocenters. The van der Waals surface area contributed by atoms with Crippen molar-refractivity contribution in [2.24, 2.45) is 5.92 Å². The molecule has 0 aliphatic carbocycles. The fraction of sp³-hybridized carbons (Fsp3) is 0.222. The van der Waals surface area contributed by atoms with Crippen molar-refractivity contribution >= 4 is 11.8 Å². The Morgan fingerprint density at radius 1 is 1.00 bits per heavy atom. The summed E-state index contributed by atoms with van der Waals surface area (Å²) in [4.78, 5) is 25.2. The van der Waals surface area contributed by atoms with Crippen molar-refractivity contribution in [3.05, 3.63) is 47.5 Å². The Labute approximate surface area is 137 Å². The number of ether oxygens (including phenoxy) is 4. The van der Waals surface area contributed by atoms with Gasteiger partial charge in [0.2, 0.25) is 5.75 Å². The molecule has 4 rings (SSSR count). The van der Waals surface area contributed by atoms with Crippen LogP contribution in [0.25, 0.3) is 0 Å². The molecule has 2 aromatic rings. The number of rotatable bonds is 2. The summed E-state index contributed by atoms with van der Waals surface area (Å²) in [7, 11) is 2.95. The maximum absolute atomic E-state index is 12.7. The summed E-state index contributed by atoms with van der Waals surface area (Å²) in [5.41, 5.74) is 0.972. The van der Waals surface area contributed by atoms with E-state index in [0.717, 1.165) is 0 Å². The van der Waals surface area contributed by atoms with E-state index >= 15 is 0 Å². The summed E-state index contributed by atoms with van der Waals surface area (Å²) < 4.78 is 21.9. The first-order valence-electron chi connectivity index (χ1n) is 7.42. The molecule has 0 bridgehead atoms. The van der Waals surface area contributed by atoms with Crippen LogP contribution in [0, 0.1) is 5.92 Å². The number of fused-ring (bicyclic) bond motifs is 4. The van der Waals surface area contributed by atoms with Gasteiger partial charge in [-0.05, 0) is 24.3 Å². The zero-order valence-electron chi connectivity index (χ0n) is 13.1. The minimum absolute atomic E-state index is 0.232. The van der Waals surface area contributed by atoms with E-state index in [1.54, 1.807) is 36.4 Å². The normalized spacial score (nSPS) is 20.9. The molecule has 0 saturated heterocycles. The first-order chi connectivity index (χ1) is 11.7. The molecule has 0 aromatic heterocycles. The molecule has 2 aliphatic rings. The Morgan fingerprint density at radius 2 is 1.79 bits per heavy atom. The van der Waals surface area contributed by atoms with Gasteiger partial charge in [0.15, 0.2) is 23.2 Å². The van der Waals surface area contributed by atoms with E-state index in [1.807, 2.05) is 0 Å². The zero-order chi connectivity index (χ0) is 16.8. The molecule has 122 valence electrons. The van der Waals surface area contributed by atoms with Gasteiger partial charge in [-0.25, -0.2) is 0 Å². The van der Waals surface area contributed by atoms with Crippen LogP contribution < -0.4 is 18.9 Å². The van der Waals surface area contributed by atoms with Crippen molar-refractivity contribution in [1.29, 1.82) is 0 Å². The number of esters is 1. The van der Waals surface area contributed by atoms with E-state index in [1.165, 1.54) is 14.2 Å². The number of Topliss-reactive ketones (excluding diaryl/α,β-unsaturated/α-hetero) is 1. The summed E-state index contributed by atoms with van der Waals surface area (Å²) >= 11 is 0. The average molecular weight is 326 g/mol. The minimum atomic E-state index is -1.02. The molecule has 0 amide bonds. The van der Waals surface area contributed by atoms with Gasteiger partial charge >= 0.3 is 5.97 Å². The molecule has 6 nitrogen and oxygen atoms in total. The molecule has 0 spiro atoms. The topological polar surface area (TPSA) is 71.1 Å². The fourth-order valence-corrected chi connectivity index (χ4v) is 3.16. The predicted octanol–water partition coefficient (Wildman–Crippen LogP) is 2.56. The Kier molecular flexibility index (Phi) is 3.19. The van der Waals surface area contributed by atoms with Crippen LogP contribution in [-0.4, -0.2) is 26.0 Å². The highest BCUT2D eigenvalue weighted by Crippen LogP contribution is 2.50. The van der Waals surface area contributed by atoms with Crippen molar-refractivity contribution in [1.82, 2.24) is 0 Å². The van der Waals surface area contributed by atoms with Gasteiger partial charge in [-0.15, -0.1) is 0 Å². The highest BCUT2D eigenvalue weighted by atomic mass is 16.6. The maximum Gasteiger partial charge on any atom is 0.326 e. The van der Waals surface area contributed by atoms with Gasteiger partial charge < -0.3 is 18.9 Å². The SMILES string of the molecule is COc1ccc2c(c1OC)OC(=O)C1C(=O)c3ccccc3OC21. The van der Waals surface area contributed by atoms with E-state index in [0.29, 0.717) is 28.4 Å². The summed E-state index contributed by atoms with van der Waals surface area (Å²) in [6.07, 6.45) is -0.747. The van der Waals surface area contributed by atoms with Gasteiger partial charge in [-0.1, -0.05) is 12.1 Å². The van der Waals surface area contributed by atoms with Crippen molar-refractivity contribution in [3.8, 4) is 23.0 Å². The Bertz CT molecular complexity index is 857. The van der Waals surface area contributed by atoms with E-state index in [9.17, 15) is 9.59 Å². The second kappa shape index (κ2) is 5.26. The van der Waals surface area contributed by atoms with Crippen LogP contribution >= 0.6 is 0 Å². The van der Waals surface area contributed by atoms with E-state index in [-0.39, 0.29) is 11.5 Å². The molecule has 0 fully saturated rings. The lowest BCUT2D eigenvalue weighted by Gasteiger charge is -2.35. The third-order valence-corrected chi connectivity index (χ3v) is 4.29. The largest absolute Gasteiger partial charge is 0.493 e. The smallest absolute Gasteiger partial charge is 0.326 e. The quantitative estimate of drug-likeness (QED) is 0.480. The van der Waals surface area contributed by atoms with Crippen LogP contribution in [0.2, 0.25) is 0 Å². The molecule has 2 aliphatic heterocycles. The van der Waals surface area contributed by atoms with Gasteiger partial charge in [-0.2, -0.15) is 0 Å². The number of hydrogen-bond donors (Lipinski definition) is 0. The third-order valence-electron chi connectivity index (χ3n) is 4.29. The van der Waals surface area contributed by atoms with Crippen LogP contribution in [0.15, 0.2) is 36.4 Å². The second-order valence-corrected chi connectivity index (χ2v) is 5.52. The minimum Gasteiger partial charge on any atom is -0.493 e. The molecule has 2 aromatic carbocycles. The summed E-state index contributed by atoms with van der Waals surface area (Å²) in [6, 6.07) is 10.3. The van der Waals surface area contributed by atoms with Crippen LogP contribution in [0.4, 0.5) is 0 Å². The molecule has 0 radical (unpaired) electrons. The lowest BCUT2D eigenvalue weighted by atomic mass is 9.83. The monoisotopic (exact) mass is 326 g/mol. The number of carbonyl (C=O) groups is 2. The standard InChI is InChI=1S/C18H14O6/c1-21-12-8-7-10-15-13(18(20)24-16(10)17(12)22-2)14(19)9-5-3-4-6-11(9)23-15/h3-8,13,15H,1-2H3. The number of hydrogen-bond acceptors (Lipinski definition) is 6. The van der Waals surface area contributed by atoms with Crippen molar-refractivity contribution in [2.75, 3.05) is 14.2 Å². The molecule has 2 unspecified atom stereocenters.